The number of carbonyl (C=O) groups is 2. The van der Waals surface area contributed by atoms with E-state index in [1.165, 1.54) is 24.3 Å². The number of amides is 1. The van der Waals surface area contributed by atoms with Crippen LogP contribution in [-0.2, 0) is 0 Å². The van der Waals surface area contributed by atoms with Crippen LogP contribution >= 0.6 is 0 Å². The van der Waals surface area contributed by atoms with E-state index < -0.39 is 5.97 Å². The average Bonchev–Trinajstić information content (AvgIpc) is 2.71. The Bertz CT molecular complexity index is 629. The van der Waals surface area contributed by atoms with Crippen LogP contribution in [-0.4, -0.2) is 22.1 Å². The number of carboxylic acids is 1. The number of aromatic carboxylic acids is 1. The number of nitrogens with one attached hydrogen (secondary N) is 1. The summed E-state index contributed by atoms with van der Waals surface area (Å²) in [5.74, 6) is -1.12. The Hall–Kier alpha value is -2.63. The first-order chi connectivity index (χ1) is 8.99. The maximum atomic E-state index is 11.9. The molecule has 6 nitrogen and oxygen atoms in total. The highest BCUT2D eigenvalue weighted by atomic mass is 16.5. The Labute approximate surface area is 109 Å². The molecule has 19 heavy (non-hydrogen) atoms. The number of hydrogen-bond acceptors (Lipinski definition) is 4. The third kappa shape index (κ3) is 2.62. The largest absolute Gasteiger partial charge is 0.478 e. The Balaban J connectivity index is 2.16. The van der Waals surface area contributed by atoms with Gasteiger partial charge in [0.25, 0.3) is 5.91 Å². The minimum Gasteiger partial charge on any atom is -0.478 e. The van der Waals surface area contributed by atoms with Crippen LogP contribution in [0.4, 0.5) is 5.88 Å². The van der Waals surface area contributed by atoms with E-state index in [4.69, 9.17) is 9.63 Å². The molecule has 0 saturated heterocycles. The molecule has 98 valence electrons. The van der Waals surface area contributed by atoms with Gasteiger partial charge < -0.3 is 9.63 Å². The Morgan fingerprint density at radius 3 is 2.21 bits per heavy atom. The predicted molar refractivity (Wildman–Crippen MR) is 67.3 cm³/mol. The molecule has 0 atom stereocenters. The number of carboxylic acid groups (broad SMARTS) is 1. The summed E-state index contributed by atoms with van der Waals surface area (Å²) in [7, 11) is 0. The summed E-state index contributed by atoms with van der Waals surface area (Å²) in [5, 5.41) is 15.1. The lowest BCUT2D eigenvalue weighted by molar-refractivity contribution is 0.0696. The number of benzene rings is 1. The summed E-state index contributed by atoms with van der Waals surface area (Å²) in [4.78, 5) is 22.6. The van der Waals surface area contributed by atoms with Crippen LogP contribution in [0.1, 0.15) is 32.0 Å². The summed E-state index contributed by atoms with van der Waals surface area (Å²) in [5.41, 5.74) is 1.94. The molecule has 2 aromatic rings. The van der Waals surface area contributed by atoms with Crippen molar-refractivity contribution >= 4 is 17.8 Å². The molecule has 0 radical (unpaired) electrons. The van der Waals surface area contributed by atoms with E-state index in [0.29, 0.717) is 17.1 Å². The molecule has 0 bridgehead atoms. The van der Waals surface area contributed by atoms with E-state index in [0.717, 1.165) is 5.56 Å². The molecule has 0 saturated carbocycles. The van der Waals surface area contributed by atoms with E-state index in [2.05, 4.69) is 10.5 Å². The normalized spacial score (nSPS) is 10.2. The van der Waals surface area contributed by atoms with Gasteiger partial charge in [0.15, 0.2) is 0 Å². The van der Waals surface area contributed by atoms with Crippen LogP contribution in [0, 0.1) is 13.8 Å². The lowest BCUT2D eigenvalue weighted by atomic mass is 10.1. The summed E-state index contributed by atoms with van der Waals surface area (Å²) >= 11 is 0. The number of hydrogen-bond donors (Lipinski definition) is 2. The molecule has 1 aromatic carbocycles. The zero-order chi connectivity index (χ0) is 14.0. The second-order valence-electron chi connectivity index (χ2n) is 4.06. The van der Waals surface area contributed by atoms with E-state index in [1.54, 1.807) is 13.8 Å². The lowest BCUT2D eigenvalue weighted by Crippen LogP contribution is -2.12. The van der Waals surface area contributed by atoms with E-state index >= 15 is 0 Å². The number of aryl methyl sites for hydroxylation is 1. The molecule has 0 spiro atoms. The van der Waals surface area contributed by atoms with Gasteiger partial charge in [0.1, 0.15) is 0 Å². The van der Waals surface area contributed by atoms with Crippen molar-refractivity contribution in [3.05, 3.63) is 46.6 Å². The zero-order valence-corrected chi connectivity index (χ0v) is 10.4. The highest BCUT2D eigenvalue weighted by Crippen LogP contribution is 2.18. The van der Waals surface area contributed by atoms with Gasteiger partial charge in [-0.3, -0.25) is 10.1 Å². The molecule has 1 aromatic heterocycles. The van der Waals surface area contributed by atoms with Gasteiger partial charge in [-0.05, 0) is 38.1 Å². The van der Waals surface area contributed by atoms with E-state index in [9.17, 15) is 9.59 Å². The highest BCUT2D eigenvalue weighted by Gasteiger charge is 2.13. The van der Waals surface area contributed by atoms with Crippen LogP contribution in [0.3, 0.4) is 0 Å². The van der Waals surface area contributed by atoms with Gasteiger partial charge in [-0.25, -0.2) is 4.79 Å². The van der Waals surface area contributed by atoms with Crippen molar-refractivity contribution in [2.45, 2.75) is 13.8 Å². The van der Waals surface area contributed by atoms with Crippen molar-refractivity contribution in [3.8, 4) is 0 Å². The zero-order valence-electron chi connectivity index (χ0n) is 10.4. The molecule has 1 amide bonds. The van der Waals surface area contributed by atoms with Crippen molar-refractivity contribution < 1.29 is 19.2 Å². The van der Waals surface area contributed by atoms with Gasteiger partial charge in [-0.15, -0.1) is 0 Å². The van der Waals surface area contributed by atoms with E-state index in [-0.39, 0.29) is 11.5 Å². The summed E-state index contributed by atoms with van der Waals surface area (Å²) in [6.45, 7) is 3.56. The lowest BCUT2D eigenvalue weighted by Gasteiger charge is -2.02. The first-order valence-corrected chi connectivity index (χ1v) is 5.56. The molecule has 0 aliphatic rings. The SMILES string of the molecule is Cc1noc(NC(=O)c2ccc(C(=O)O)cc2)c1C. The van der Waals surface area contributed by atoms with Crippen molar-refractivity contribution in [3.63, 3.8) is 0 Å². The fourth-order valence-corrected chi connectivity index (χ4v) is 1.47. The van der Waals surface area contributed by atoms with Crippen molar-refractivity contribution in [1.29, 1.82) is 0 Å². The summed E-state index contributed by atoms with van der Waals surface area (Å²) in [6.07, 6.45) is 0. The quantitative estimate of drug-likeness (QED) is 0.882. The fraction of sp³-hybridized carbons (Fsp3) is 0.154. The van der Waals surface area contributed by atoms with Crippen LogP contribution in [0.25, 0.3) is 0 Å². The molecule has 0 aliphatic carbocycles. The van der Waals surface area contributed by atoms with Crippen molar-refractivity contribution in [2.75, 3.05) is 5.32 Å². The molecular formula is C13H12N2O4. The highest BCUT2D eigenvalue weighted by molar-refractivity contribution is 6.04. The second-order valence-corrected chi connectivity index (χ2v) is 4.06. The topological polar surface area (TPSA) is 92.4 Å². The van der Waals surface area contributed by atoms with Crippen LogP contribution in [0.15, 0.2) is 28.8 Å². The fourth-order valence-electron chi connectivity index (χ4n) is 1.47. The Kier molecular flexibility index (Phi) is 3.33. The van der Waals surface area contributed by atoms with Crippen molar-refractivity contribution in [1.82, 2.24) is 5.16 Å². The Morgan fingerprint density at radius 2 is 1.74 bits per heavy atom. The van der Waals surface area contributed by atoms with Gasteiger partial charge in [0.05, 0.1) is 11.3 Å². The molecule has 1 heterocycles. The number of carbonyl (C=O) groups excluding carboxylic acids is 1. The first kappa shape index (κ1) is 12.8. The minimum atomic E-state index is -1.03. The smallest absolute Gasteiger partial charge is 0.335 e. The standard InChI is InChI=1S/C13H12N2O4/c1-7-8(2)15-19-12(7)14-11(16)9-3-5-10(6-4-9)13(17)18/h3-6H,1-2H3,(H,14,16)(H,17,18). The summed E-state index contributed by atoms with van der Waals surface area (Å²) < 4.78 is 4.97. The third-order valence-corrected chi connectivity index (χ3v) is 2.78. The van der Waals surface area contributed by atoms with Gasteiger partial charge in [-0.2, -0.15) is 0 Å². The van der Waals surface area contributed by atoms with E-state index in [1.807, 2.05) is 0 Å². The minimum absolute atomic E-state index is 0.128. The van der Waals surface area contributed by atoms with Crippen molar-refractivity contribution in [2.24, 2.45) is 0 Å². The van der Waals surface area contributed by atoms with Gasteiger partial charge in [-0.1, -0.05) is 5.16 Å². The number of rotatable bonds is 3. The number of anilines is 1. The molecule has 0 aliphatic heterocycles. The van der Waals surface area contributed by atoms with Crippen LogP contribution in [0.5, 0.6) is 0 Å². The molecule has 2 rings (SSSR count). The van der Waals surface area contributed by atoms with Gasteiger partial charge in [0.2, 0.25) is 5.88 Å². The molecule has 0 unspecified atom stereocenters. The van der Waals surface area contributed by atoms with Gasteiger partial charge in [0, 0.05) is 11.1 Å². The van der Waals surface area contributed by atoms with Gasteiger partial charge >= 0.3 is 5.97 Å². The number of aromatic nitrogens is 1. The van der Waals surface area contributed by atoms with Crippen LogP contribution in [0.2, 0.25) is 0 Å². The monoisotopic (exact) mass is 260 g/mol. The second kappa shape index (κ2) is 4.93. The molecule has 2 N–H and O–H groups in total. The first-order valence-electron chi connectivity index (χ1n) is 5.56. The number of nitrogens with zero attached hydrogens (tertiary/aromatic N) is 1. The maximum absolute atomic E-state index is 11.9. The maximum Gasteiger partial charge on any atom is 0.335 e. The average molecular weight is 260 g/mol. The molecule has 0 fully saturated rings. The molecule has 6 heteroatoms. The third-order valence-electron chi connectivity index (χ3n) is 2.78. The Morgan fingerprint density at radius 1 is 1.16 bits per heavy atom. The van der Waals surface area contributed by atoms with Crippen LogP contribution < -0.4 is 5.32 Å². The predicted octanol–water partition coefficient (Wildman–Crippen LogP) is 2.24. The summed E-state index contributed by atoms with van der Waals surface area (Å²) in [6, 6.07) is 5.63. The molecular weight excluding hydrogens is 248 g/mol.